The predicted molar refractivity (Wildman–Crippen MR) is 98.2 cm³/mol. The van der Waals surface area contributed by atoms with Crippen molar-refractivity contribution < 1.29 is 9.53 Å². The Hall–Kier alpha value is -1.69. The summed E-state index contributed by atoms with van der Waals surface area (Å²) in [6, 6.07) is 5.59. The van der Waals surface area contributed by atoms with Gasteiger partial charge in [-0.1, -0.05) is 30.1 Å². The van der Waals surface area contributed by atoms with Crippen molar-refractivity contribution in [1.29, 1.82) is 0 Å². The van der Waals surface area contributed by atoms with Crippen LogP contribution in [-0.4, -0.2) is 28.1 Å². The SMILES string of the molecule is CC1C2C1[C@@H]1O[C@H]2[C@H](C(=O)Nc2cnc(Cl)c(Cl)c2)[C@H]1c1ccncc1. The van der Waals surface area contributed by atoms with E-state index in [-0.39, 0.29) is 35.1 Å². The van der Waals surface area contributed by atoms with Gasteiger partial charge in [0.1, 0.15) is 5.15 Å². The largest absolute Gasteiger partial charge is 0.373 e. The molecule has 7 heteroatoms. The standard InChI is InChI=1S/C19H17Cl2N3O2/c1-8-12-13(8)17-15(14(16(12)26-17)9-2-4-22-5-3-9)19(25)24-10-6-11(20)18(21)23-7-10/h2-8,12-17H,1H3,(H,24,25)/t8?,12?,13?,14-,15-,16+,17-/m1/s1. The molecule has 134 valence electrons. The van der Waals surface area contributed by atoms with Gasteiger partial charge in [0.25, 0.3) is 0 Å². The summed E-state index contributed by atoms with van der Waals surface area (Å²) in [6.45, 7) is 2.25. The lowest BCUT2D eigenvalue weighted by molar-refractivity contribution is -0.122. The Kier molecular flexibility index (Phi) is 3.75. The Morgan fingerprint density at radius 1 is 1.19 bits per heavy atom. The van der Waals surface area contributed by atoms with E-state index >= 15 is 0 Å². The molecular formula is C19H17Cl2N3O2. The van der Waals surface area contributed by atoms with Crippen molar-refractivity contribution in [3.63, 3.8) is 0 Å². The van der Waals surface area contributed by atoms with E-state index in [2.05, 4.69) is 22.2 Å². The van der Waals surface area contributed by atoms with Crippen LogP contribution in [0.25, 0.3) is 0 Å². The van der Waals surface area contributed by atoms with Crippen LogP contribution in [0.2, 0.25) is 10.2 Å². The van der Waals surface area contributed by atoms with Gasteiger partial charge in [-0.15, -0.1) is 0 Å². The molecule has 1 saturated carbocycles. The van der Waals surface area contributed by atoms with Gasteiger partial charge >= 0.3 is 0 Å². The molecule has 2 aromatic heterocycles. The predicted octanol–water partition coefficient (Wildman–Crippen LogP) is 3.79. The number of rotatable bonds is 3. The van der Waals surface area contributed by atoms with Crippen LogP contribution < -0.4 is 5.32 Å². The van der Waals surface area contributed by atoms with Crippen molar-refractivity contribution in [3.05, 3.63) is 52.5 Å². The van der Waals surface area contributed by atoms with E-state index in [1.807, 2.05) is 12.1 Å². The first-order chi connectivity index (χ1) is 12.6. The number of anilines is 1. The Morgan fingerprint density at radius 3 is 2.65 bits per heavy atom. The molecule has 5 rings (SSSR count). The number of aromatic nitrogens is 2. The van der Waals surface area contributed by atoms with Crippen LogP contribution in [0.1, 0.15) is 18.4 Å². The minimum Gasteiger partial charge on any atom is -0.373 e. The van der Waals surface area contributed by atoms with Crippen LogP contribution in [0, 0.1) is 23.7 Å². The number of hydrogen-bond donors (Lipinski definition) is 1. The fourth-order valence-corrected chi connectivity index (χ4v) is 5.26. The second-order valence-electron chi connectivity index (χ2n) is 7.40. The highest BCUT2D eigenvalue weighted by Gasteiger charge is 2.72. The Morgan fingerprint density at radius 2 is 1.92 bits per heavy atom. The first-order valence-corrected chi connectivity index (χ1v) is 9.49. The number of carbonyl (C=O) groups excluding carboxylic acids is 1. The number of carbonyl (C=O) groups is 1. The average molecular weight is 390 g/mol. The van der Waals surface area contributed by atoms with E-state index in [0.717, 1.165) is 5.56 Å². The van der Waals surface area contributed by atoms with Crippen LogP contribution >= 0.6 is 23.2 Å². The molecule has 26 heavy (non-hydrogen) atoms. The Bertz CT molecular complexity index is 878. The van der Waals surface area contributed by atoms with Gasteiger partial charge in [-0.2, -0.15) is 0 Å². The van der Waals surface area contributed by atoms with Crippen molar-refractivity contribution in [2.75, 3.05) is 5.32 Å². The lowest BCUT2D eigenvalue weighted by atomic mass is 9.75. The van der Waals surface area contributed by atoms with E-state index in [1.165, 1.54) is 6.20 Å². The van der Waals surface area contributed by atoms with Crippen molar-refractivity contribution in [1.82, 2.24) is 9.97 Å². The quantitative estimate of drug-likeness (QED) is 0.811. The van der Waals surface area contributed by atoms with E-state index in [4.69, 9.17) is 27.9 Å². The molecule has 5 nitrogen and oxygen atoms in total. The third-order valence-electron chi connectivity index (χ3n) is 6.14. The smallest absolute Gasteiger partial charge is 0.230 e. The molecule has 0 spiro atoms. The van der Waals surface area contributed by atoms with E-state index in [1.54, 1.807) is 18.5 Å². The molecule has 1 aliphatic carbocycles. The van der Waals surface area contributed by atoms with Gasteiger partial charge in [0.15, 0.2) is 0 Å². The summed E-state index contributed by atoms with van der Waals surface area (Å²) in [5, 5.41) is 3.48. The van der Waals surface area contributed by atoms with Gasteiger partial charge in [-0.05, 0) is 41.5 Å². The van der Waals surface area contributed by atoms with Crippen LogP contribution in [-0.2, 0) is 9.53 Å². The molecule has 1 N–H and O–H groups in total. The second-order valence-corrected chi connectivity index (χ2v) is 8.16. The fourth-order valence-electron chi connectivity index (χ4n) is 4.99. The van der Waals surface area contributed by atoms with Gasteiger partial charge in [-0.3, -0.25) is 9.78 Å². The molecule has 2 aliphatic heterocycles. The summed E-state index contributed by atoms with van der Waals surface area (Å²) in [4.78, 5) is 21.2. The lowest BCUT2D eigenvalue weighted by Crippen LogP contribution is -2.37. The maximum absolute atomic E-state index is 13.1. The van der Waals surface area contributed by atoms with Crippen LogP contribution in [0.3, 0.4) is 0 Å². The third kappa shape index (κ3) is 2.38. The van der Waals surface area contributed by atoms with Gasteiger partial charge in [0.2, 0.25) is 5.91 Å². The zero-order valence-electron chi connectivity index (χ0n) is 14.0. The number of nitrogens with one attached hydrogen (secondary N) is 1. The molecule has 3 unspecified atom stereocenters. The molecule has 0 radical (unpaired) electrons. The van der Waals surface area contributed by atoms with Gasteiger partial charge in [0, 0.05) is 18.3 Å². The molecule has 2 aromatic rings. The Labute approximate surface area is 161 Å². The zero-order valence-corrected chi connectivity index (χ0v) is 15.5. The van der Waals surface area contributed by atoms with Crippen molar-refractivity contribution in [2.24, 2.45) is 23.7 Å². The van der Waals surface area contributed by atoms with Crippen LogP contribution in [0.15, 0.2) is 36.8 Å². The van der Waals surface area contributed by atoms with E-state index < -0.39 is 0 Å². The molecule has 7 atom stereocenters. The minimum absolute atomic E-state index is 0.0334. The summed E-state index contributed by atoms with van der Waals surface area (Å²) in [5.74, 6) is 1.42. The Balaban J connectivity index is 1.45. The first kappa shape index (κ1) is 16.5. The highest BCUT2D eigenvalue weighted by atomic mass is 35.5. The minimum atomic E-state index is -0.233. The van der Waals surface area contributed by atoms with Crippen molar-refractivity contribution in [3.8, 4) is 0 Å². The average Bonchev–Trinajstić information content (AvgIpc) is 3.02. The highest BCUT2D eigenvalue weighted by Crippen LogP contribution is 2.68. The van der Waals surface area contributed by atoms with E-state index in [0.29, 0.717) is 28.5 Å². The number of fused-ring (bicyclic) bond motifs is 5. The normalized spacial score (nSPS) is 36.7. The summed E-state index contributed by atoms with van der Waals surface area (Å²) in [5.41, 5.74) is 1.65. The number of hydrogen-bond acceptors (Lipinski definition) is 4. The number of nitrogens with zero attached hydrogens (tertiary/aromatic N) is 2. The maximum atomic E-state index is 13.1. The van der Waals surface area contributed by atoms with Crippen LogP contribution in [0.4, 0.5) is 5.69 Å². The van der Waals surface area contributed by atoms with Gasteiger partial charge in [0.05, 0.1) is 35.0 Å². The number of pyridine rings is 2. The number of ether oxygens (including phenoxy) is 1. The summed E-state index contributed by atoms with van der Waals surface area (Å²) >= 11 is 11.9. The van der Waals surface area contributed by atoms with Gasteiger partial charge in [-0.25, -0.2) is 4.98 Å². The lowest BCUT2D eigenvalue weighted by Gasteiger charge is -2.27. The number of amides is 1. The highest BCUT2D eigenvalue weighted by molar-refractivity contribution is 6.41. The van der Waals surface area contributed by atoms with Gasteiger partial charge < -0.3 is 10.1 Å². The molecule has 2 bridgehead atoms. The molecule has 4 heterocycles. The second kappa shape index (κ2) is 5.91. The third-order valence-corrected chi connectivity index (χ3v) is 6.83. The summed E-state index contributed by atoms with van der Waals surface area (Å²) in [6.07, 6.45) is 5.13. The number of halogens is 2. The van der Waals surface area contributed by atoms with Crippen molar-refractivity contribution in [2.45, 2.75) is 25.0 Å². The topological polar surface area (TPSA) is 64.1 Å². The molecule has 2 saturated heterocycles. The van der Waals surface area contributed by atoms with E-state index in [9.17, 15) is 4.79 Å². The molecule has 0 aromatic carbocycles. The monoisotopic (exact) mass is 389 g/mol. The molecule has 3 aliphatic rings. The molecule has 3 fully saturated rings. The molecule has 1 amide bonds. The fraction of sp³-hybridized carbons (Fsp3) is 0.421. The molecular weight excluding hydrogens is 373 g/mol. The summed E-state index contributed by atoms with van der Waals surface area (Å²) < 4.78 is 6.24. The first-order valence-electron chi connectivity index (χ1n) is 8.73. The van der Waals surface area contributed by atoms with Crippen LogP contribution in [0.5, 0.6) is 0 Å². The van der Waals surface area contributed by atoms with Crippen molar-refractivity contribution >= 4 is 34.8 Å². The maximum Gasteiger partial charge on any atom is 0.230 e. The summed E-state index contributed by atoms with van der Waals surface area (Å²) in [7, 11) is 0. The zero-order chi connectivity index (χ0) is 18.0.